The van der Waals surface area contributed by atoms with Gasteiger partial charge in [0.2, 0.25) is 5.91 Å². The average Bonchev–Trinajstić information content (AvgIpc) is 3.33. The van der Waals surface area contributed by atoms with Gasteiger partial charge in [-0.3, -0.25) is 9.59 Å². The van der Waals surface area contributed by atoms with Crippen LogP contribution in [0.4, 0.5) is 5.69 Å². The number of methoxy groups -OCH3 is 1. The Balaban J connectivity index is 1.52. The van der Waals surface area contributed by atoms with Gasteiger partial charge in [0, 0.05) is 5.69 Å². The summed E-state index contributed by atoms with van der Waals surface area (Å²) in [6.45, 7) is 2.91. The van der Waals surface area contributed by atoms with E-state index in [1.54, 1.807) is 12.0 Å². The molecular weight excluding hydrogens is 346 g/mol. The Morgan fingerprint density at radius 2 is 2.07 bits per heavy atom. The van der Waals surface area contributed by atoms with Crippen LogP contribution >= 0.6 is 0 Å². The van der Waals surface area contributed by atoms with Gasteiger partial charge in [0.1, 0.15) is 17.3 Å². The monoisotopic (exact) mass is 371 g/mol. The summed E-state index contributed by atoms with van der Waals surface area (Å²) in [5.41, 5.74) is 0.0505. The molecule has 4 atom stereocenters. The summed E-state index contributed by atoms with van der Waals surface area (Å²) in [7, 11) is 1.60. The molecule has 1 aromatic rings. The van der Waals surface area contributed by atoms with Crippen LogP contribution in [0.15, 0.2) is 36.4 Å². The first-order valence-corrected chi connectivity index (χ1v) is 9.59. The maximum Gasteiger partial charge on any atom is 0.312 e. The number of esters is 1. The quantitative estimate of drug-likeness (QED) is 0.419. The Morgan fingerprint density at radius 3 is 2.78 bits per heavy atom. The zero-order chi connectivity index (χ0) is 19.0. The van der Waals surface area contributed by atoms with Crippen LogP contribution in [0, 0.1) is 11.8 Å². The smallest absolute Gasteiger partial charge is 0.312 e. The molecule has 2 saturated heterocycles. The second-order valence-electron chi connectivity index (χ2n) is 7.40. The van der Waals surface area contributed by atoms with Gasteiger partial charge in [-0.1, -0.05) is 31.9 Å². The van der Waals surface area contributed by atoms with Gasteiger partial charge < -0.3 is 19.1 Å². The fraction of sp³-hybridized carbons (Fsp3) is 0.524. The lowest BCUT2D eigenvalue weighted by molar-refractivity contribution is -0.152. The molecule has 2 fully saturated rings. The normalized spacial score (nSPS) is 30.7. The maximum atomic E-state index is 13.2. The summed E-state index contributed by atoms with van der Waals surface area (Å²) in [6, 6.07) is 7.34. The van der Waals surface area contributed by atoms with Gasteiger partial charge >= 0.3 is 5.97 Å². The van der Waals surface area contributed by atoms with Gasteiger partial charge in [-0.05, 0) is 30.7 Å². The lowest BCUT2D eigenvalue weighted by Gasteiger charge is -2.22. The molecule has 4 rings (SSSR count). The molecule has 6 nitrogen and oxygen atoms in total. The summed E-state index contributed by atoms with van der Waals surface area (Å²) in [5.74, 6) is -0.755. The molecule has 144 valence electrons. The molecule has 2 bridgehead atoms. The van der Waals surface area contributed by atoms with Crippen molar-refractivity contribution in [3.63, 3.8) is 0 Å². The number of unbranched alkanes of at least 4 members (excludes halogenated alkanes) is 2. The zero-order valence-corrected chi connectivity index (χ0v) is 15.7. The number of hydrogen-bond acceptors (Lipinski definition) is 5. The summed E-state index contributed by atoms with van der Waals surface area (Å²) in [6.07, 6.45) is 6.42. The molecule has 1 aromatic carbocycles. The molecule has 3 aliphatic rings. The maximum absolute atomic E-state index is 13.2. The number of ether oxygens (including phenoxy) is 3. The van der Waals surface area contributed by atoms with Gasteiger partial charge in [0.05, 0.1) is 32.3 Å². The molecule has 1 amide bonds. The lowest BCUT2D eigenvalue weighted by Crippen LogP contribution is -2.40. The van der Waals surface area contributed by atoms with E-state index in [-0.39, 0.29) is 18.0 Å². The molecule has 1 spiro atoms. The molecule has 0 radical (unpaired) electrons. The number of anilines is 1. The zero-order valence-electron chi connectivity index (χ0n) is 15.7. The third-order valence-corrected chi connectivity index (χ3v) is 5.75. The number of benzene rings is 1. The van der Waals surface area contributed by atoms with Crippen molar-refractivity contribution in [2.75, 3.05) is 25.2 Å². The van der Waals surface area contributed by atoms with Crippen LogP contribution in [0.3, 0.4) is 0 Å². The SMILES string of the molecule is CCCCCOC(=O)[C@@H]1[C@@H]2C=C[C@@]3(CN(c4ccc(OC)cc4)C(=O)[C@H]13)O2. The number of nitrogens with zero attached hydrogens (tertiary/aromatic N) is 1. The second kappa shape index (κ2) is 7.00. The van der Waals surface area contributed by atoms with E-state index in [0.29, 0.717) is 13.2 Å². The van der Waals surface area contributed by atoms with Gasteiger partial charge in [-0.2, -0.15) is 0 Å². The summed E-state index contributed by atoms with van der Waals surface area (Å²) in [5, 5.41) is 0. The van der Waals surface area contributed by atoms with Gasteiger partial charge in [0.15, 0.2) is 0 Å². The number of hydrogen-bond donors (Lipinski definition) is 0. The van der Waals surface area contributed by atoms with Crippen molar-refractivity contribution in [3.8, 4) is 5.75 Å². The standard InChI is InChI=1S/C21H25NO5/c1-3-4-5-12-26-20(24)17-16-10-11-21(27-16)13-22(19(23)18(17)21)14-6-8-15(25-2)9-7-14/h6-11,16-18H,3-5,12-13H2,1-2H3/t16-,17+,18-,21-/m0/s1. The van der Waals surface area contributed by atoms with Crippen LogP contribution in [0.25, 0.3) is 0 Å². The van der Waals surface area contributed by atoms with Crippen LogP contribution in [0.1, 0.15) is 26.2 Å². The summed E-state index contributed by atoms with van der Waals surface area (Å²) < 4.78 is 16.8. The molecule has 3 aliphatic heterocycles. The molecule has 6 heteroatoms. The van der Waals surface area contributed by atoms with E-state index in [1.807, 2.05) is 36.4 Å². The largest absolute Gasteiger partial charge is 0.497 e. The first kappa shape index (κ1) is 18.0. The van der Waals surface area contributed by atoms with Crippen molar-refractivity contribution in [2.24, 2.45) is 11.8 Å². The highest BCUT2D eigenvalue weighted by Crippen LogP contribution is 2.52. The average molecular weight is 371 g/mol. The summed E-state index contributed by atoms with van der Waals surface area (Å²) >= 11 is 0. The van der Waals surface area contributed by atoms with Crippen molar-refractivity contribution in [1.29, 1.82) is 0 Å². The van der Waals surface area contributed by atoms with E-state index in [2.05, 4.69) is 6.92 Å². The van der Waals surface area contributed by atoms with E-state index in [4.69, 9.17) is 14.2 Å². The second-order valence-corrected chi connectivity index (χ2v) is 7.40. The predicted octanol–water partition coefficient (Wildman–Crippen LogP) is 2.72. The molecule has 27 heavy (non-hydrogen) atoms. The Labute approximate surface area is 159 Å². The Morgan fingerprint density at radius 1 is 1.30 bits per heavy atom. The fourth-order valence-corrected chi connectivity index (χ4v) is 4.37. The number of fused-ring (bicyclic) bond motifs is 1. The molecule has 0 saturated carbocycles. The van der Waals surface area contributed by atoms with E-state index >= 15 is 0 Å². The van der Waals surface area contributed by atoms with E-state index in [9.17, 15) is 9.59 Å². The van der Waals surface area contributed by atoms with Crippen LogP contribution in [-0.2, 0) is 19.1 Å². The van der Waals surface area contributed by atoms with Gasteiger partial charge in [-0.25, -0.2) is 0 Å². The number of rotatable bonds is 7. The molecular formula is C21H25NO5. The van der Waals surface area contributed by atoms with Gasteiger partial charge in [0.25, 0.3) is 0 Å². The molecule has 3 heterocycles. The Hall–Kier alpha value is -2.34. The van der Waals surface area contributed by atoms with E-state index in [1.165, 1.54) is 0 Å². The third kappa shape index (κ3) is 2.92. The van der Waals surface area contributed by atoms with Gasteiger partial charge in [-0.15, -0.1) is 0 Å². The molecule has 0 N–H and O–H groups in total. The number of amides is 1. The Bertz CT molecular complexity index is 758. The van der Waals surface area contributed by atoms with Crippen LogP contribution in [0.2, 0.25) is 0 Å². The van der Waals surface area contributed by atoms with Crippen LogP contribution < -0.4 is 9.64 Å². The van der Waals surface area contributed by atoms with Crippen LogP contribution in [-0.4, -0.2) is 43.8 Å². The minimum Gasteiger partial charge on any atom is -0.497 e. The Kier molecular flexibility index (Phi) is 4.68. The van der Waals surface area contributed by atoms with E-state index < -0.39 is 17.4 Å². The lowest BCUT2D eigenvalue weighted by atomic mass is 9.77. The van der Waals surface area contributed by atoms with Crippen molar-refractivity contribution in [1.82, 2.24) is 0 Å². The van der Waals surface area contributed by atoms with Crippen molar-refractivity contribution < 1.29 is 23.8 Å². The first-order valence-electron chi connectivity index (χ1n) is 9.59. The van der Waals surface area contributed by atoms with Crippen LogP contribution in [0.5, 0.6) is 5.75 Å². The van der Waals surface area contributed by atoms with E-state index in [0.717, 1.165) is 30.7 Å². The third-order valence-electron chi connectivity index (χ3n) is 5.75. The number of carbonyl (C=O) groups excluding carboxylic acids is 2. The fourth-order valence-electron chi connectivity index (χ4n) is 4.37. The minimum atomic E-state index is -0.727. The first-order chi connectivity index (χ1) is 13.1. The van der Waals surface area contributed by atoms with Crippen molar-refractivity contribution >= 4 is 17.6 Å². The highest BCUT2D eigenvalue weighted by atomic mass is 16.6. The number of carbonyl (C=O) groups is 2. The predicted molar refractivity (Wildman–Crippen MR) is 99.6 cm³/mol. The highest BCUT2D eigenvalue weighted by Gasteiger charge is 2.67. The highest BCUT2D eigenvalue weighted by molar-refractivity contribution is 6.02. The summed E-state index contributed by atoms with van der Waals surface area (Å²) in [4.78, 5) is 27.6. The topological polar surface area (TPSA) is 65.1 Å². The molecule has 0 aromatic heterocycles. The van der Waals surface area contributed by atoms with Crippen molar-refractivity contribution in [3.05, 3.63) is 36.4 Å². The van der Waals surface area contributed by atoms with Crippen molar-refractivity contribution in [2.45, 2.75) is 37.9 Å². The molecule has 0 aliphatic carbocycles. The minimum absolute atomic E-state index is 0.0810. The molecule has 0 unspecified atom stereocenters.